The standard InChI is InChI=1S/C21H24N8O2.C17H14ClN7O.C16H13ClN8O/c1-11-9-25-14(12(2)17(11)31-5)10-29-19-16(18(28(3)4)26-21(22)27-19)13(20(29)30)8-15-23-6-7-24-15;1-9-6-22-11(7-21-9)8-25-15-13(14(18)23-17(19)24-15)12(16(25)26)5-10-3-2-4-20-10;1-8-5-22-9(6-21-8)7-25-14-12(13(17)23-16(18)24-14)10(15(25)26)4-11-19-2-3-20-11/h6-9H,10H2,1-5H3,(H,23,24)(H2,22,26,27);2-7,20H,8H2,1H3,(H2,19,23,24);2-6H,7H2,1H3,(H,19,20)(H2,18,23,24)/b13-8-;12-5-;10-4-. The highest BCUT2D eigenvalue weighted by Gasteiger charge is 2.41. The van der Waals surface area contributed by atoms with Gasteiger partial charge in [-0.3, -0.25) is 54.0 Å². The summed E-state index contributed by atoms with van der Waals surface area (Å²) >= 11 is 12.5. The Balaban J connectivity index is 0.000000140. The van der Waals surface area contributed by atoms with Gasteiger partial charge >= 0.3 is 0 Å². The maximum absolute atomic E-state index is 13.5. The van der Waals surface area contributed by atoms with Crippen LogP contribution in [0, 0.1) is 27.7 Å². The van der Waals surface area contributed by atoms with Gasteiger partial charge in [-0.1, -0.05) is 23.2 Å². The molecule has 0 atom stereocenters. The molecule has 0 bridgehead atoms. The molecule has 0 aromatic carbocycles. The normalized spacial score (nSPS) is 14.7. The van der Waals surface area contributed by atoms with Gasteiger partial charge in [0.15, 0.2) is 17.5 Å². The van der Waals surface area contributed by atoms with E-state index in [0.717, 1.165) is 34.0 Å². The molecule has 0 radical (unpaired) electrons. The number of aromatic amines is 3. The highest BCUT2D eigenvalue weighted by atomic mass is 35.5. The van der Waals surface area contributed by atoms with Gasteiger partial charge in [0.25, 0.3) is 17.7 Å². The number of hydrogen-bond acceptors (Lipinski definition) is 21. The average Bonchev–Trinajstić information content (AvgIpc) is 4.43. The van der Waals surface area contributed by atoms with Crippen molar-refractivity contribution in [2.24, 2.45) is 0 Å². The van der Waals surface area contributed by atoms with Gasteiger partial charge in [0.05, 0.1) is 101 Å². The van der Waals surface area contributed by atoms with E-state index in [1.54, 1.807) is 92.2 Å². The number of rotatable bonds is 11. The van der Waals surface area contributed by atoms with E-state index in [1.165, 1.54) is 9.80 Å². The van der Waals surface area contributed by atoms with Gasteiger partial charge in [-0.05, 0) is 58.1 Å². The summed E-state index contributed by atoms with van der Waals surface area (Å²) in [5.74, 6) is 2.85. The highest BCUT2D eigenvalue weighted by Crippen LogP contribution is 2.44. The van der Waals surface area contributed by atoms with E-state index in [-0.39, 0.29) is 65.5 Å². The number of nitrogen functional groups attached to an aromatic ring is 3. The smallest absolute Gasteiger partial charge is 0.260 e. The van der Waals surface area contributed by atoms with Crippen molar-refractivity contribution < 1.29 is 19.1 Å². The predicted molar refractivity (Wildman–Crippen MR) is 313 cm³/mol. The summed E-state index contributed by atoms with van der Waals surface area (Å²) in [6.07, 6.45) is 21.6. The largest absolute Gasteiger partial charge is 0.496 e. The van der Waals surface area contributed by atoms with Gasteiger partial charge in [0.1, 0.15) is 33.5 Å². The van der Waals surface area contributed by atoms with Crippen LogP contribution < -0.4 is 41.5 Å². The number of nitrogens with one attached hydrogen (secondary N) is 3. The lowest BCUT2D eigenvalue weighted by atomic mass is 10.1. The van der Waals surface area contributed by atoms with Crippen LogP contribution in [-0.4, -0.2) is 119 Å². The zero-order valence-electron chi connectivity index (χ0n) is 45.5. The molecule has 9 N–H and O–H groups in total. The zero-order valence-corrected chi connectivity index (χ0v) is 47.0. The number of fused-ring (bicyclic) bond motifs is 3. The number of carbonyl (C=O) groups excluding carboxylic acids is 3. The lowest BCUT2D eigenvalue weighted by molar-refractivity contribution is -0.113. The van der Waals surface area contributed by atoms with E-state index >= 15 is 0 Å². The fraction of sp³-hybridized carbons (Fsp3) is 0.185. The Bertz CT molecular complexity index is 3870. The molecule has 0 saturated carbocycles. The molecule has 12 rings (SSSR count). The lowest BCUT2D eigenvalue weighted by Crippen LogP contribution is -2.27. The lowest BCUT2D eigenvalue weighted by Gasteiger charge is -2.20. The number of nitrogens with zero attached hydrogens (tertiary/aromatic N) is 17. The minimum Gasteiger partial charge on any atom is -0.496 e. The van der Waals surface area contributed by atoms with Crippen molar-refractivity contribution in [2.75, 3.05) is 58.0 Å². The van der Waals surface area contributed by atoms with Gasteiger partial charge in [0, 0.05) is 80.5 Å². The molecule has 29 heteroatoms. The molecule has 420 valence electrons. The zero-order chi connectivity index (χ0) is 58.8. The summed E-state index contributed by atoms with van der Waals surface area (Å²) in [5, 5.41) is 0.243. The molecule has 3 aliphatic heterocycles. The number of nitrogens with two attached hydrogens (primary N) is 3. The van der Waals surface area contributed by atoms with Crippen LogP contribution in [0.2, 0.25) is 10.3 Å². The number of H-pyrrole nitrogens is 3. The van der Waals surface area contributed by atoms with Crippen LogP contribution in [0.25, 0.3) is 34.9 Å². The van der Waals surface area contributed by atoms with Crippen molar-refractivity contribution in [2.45, 2.75) is 47.3 Å². The molecule has 0 saturated heterocycles. The number of ether oxygens (including phenoxy) is 1. The molecule has 9 aromatic heterocycles. The predicted octanol–water partition coefficient (Wildman–Crippen LogP) is 5.80. The number of imidazole rings is 2. The molecule has 0 aliphatic carbocycles. The molecular weight excluding hydrogens is 1110 g/mol. The third-order valence-corrected chi connectivity index (χ3v) is 13.5. The number of carbonyl (C=O) groups is 3. The molecule has 3 aliphatic rings. The first-order valence-corrected chi connectivity index (χ1v) is 25.9. The van der Waals surface area contributed by atoms with Crippen molar-refractivity contribution in [3.63, 3.8) is 0 Å². The first-order valence-electron chi connectivity index (χ1n) is 25.2. The number of pyridine rings is 1. The third kappa shape index (κ3) is 11.5. The second-order valence-corrected chi connectivity index (χ2v) is 19.6. The van der Waals surface area contributed by atoms with Crippen molar-refractivity contribution in [1.29, 1.82) is 0 Å². The Kier molecular flexibility index (Phi) is 15.6. The van der Waals surface area contributed by atoms with E-state index in [1.807, 2.05) is 58.8 Å². The monoisotopic (exact) mass is 1160 g/mol. The molecule has 12 heterocycles. The number of hydrogen-bond donors (Lipinski definition) is 6. The van der Waals surface area contributed by atoms with Crippen molar-refractivity contribution in [3.8, 4) is 5.75 Å². The van der Waals surface area contributed by atoms with Crippen molar-refractivity contribution in [1.82, 2.24) is 79.7 Å². The Morgan fingerprint density at radius 3 is 1.49 bits per heavy atom. The number of halogens is 2. The first kappa shape index (κ1) is 55.8. The summed E-state index contributed by atoms with van der Waals surface area (Å²) in [4.78, 5) is 110. The fourth-order valence-electron chi connectivity index (χ4n) is 9.11. The van der Waals surface area contributed by atoms with Crippen LogP contribution in [0.1, 0.15) is 73.6 Å². The van der Waals surface area contributed by atoms with Crippen LogP contribution in [0.4, 0.5) is 41.1 Å². The van der Waals surface area contributed by atoms with Crippen LogP contribution in [0.15, 0.2) is 74.1 Å². The molecule has 0 spiro atoms. The Hall–Kier alpha value is -10.5. The van der Waals surface area contributed by atoms with Crippen LogP contribution >= 0.6 is 23.2 Å². The summed E-state index contributed by atoms with van der Waals surface area (Å²) in [6.45, 7) is 8.14. The van der Waals surface area contributed by atoms with Crippen LogP contribution in [0.5, 0.6) is 5.75 Å². The molecule has 3 amide bonds. The number of methoxy groups -OCH3 is 1. The molecule has 83 heavy (non-hydrogen) atoms. The second-order valence-electron chi connectivity index (χ2n) is 18.9. The number of aryl methyl sites for hydroxylation is 3. The van der Waals surface area contributed by atoms with E-state index in [0.29, 0.717) is 85.4 Å². The van der Waals surface area contributed by atoms with Crippen LogP contribution in [0.3, 0.4) is 0 Å². The average molecular weight is 1160 g/mol. The number of amides is 3. The van der Waals surface area contributed by atoms with Gasteiger partial charge in [-0.15, -0.1) is 0 Å². The Morgan fingerprint density at radius 1 is 0.566 bits per heavy atom. The first-order chi connectivity index (χ1) is 39.9. The highest BCUT2D eigenvalue weighted by molar-refractivity contribution is 6.42. The van der Waals surface area contributed by atoms with E-state index in [9.17, 15) is 14.4 Å². The summed E-state index contributed by atoms with van der Waals surface area (Å²) in [5.41, 5.74) is 26.2. The number of anilines is 7. The Labute approximate surface area is 482 Å². The Morgan fingerprint density at radius 2 is 1.05 bits per heavy atom. The van der Waals surface area contributed by atoms with E-state index in [4.69, 9.17) is 45.1 Å². The quantitative estimate of drug-likeness (QED) is 0.0658. The topological polar surface area (TPSA) is 366 Å². The minimum atomic E-state index is -0.291. The maximum atomic E-state index is 13.5. The van der Waals surface area contributed by atoms with E-state index in [2.05, 4.69) is 79.7 Å². The van der Waals surface area contributed by atoms with Crippen molar-refractivity contribution in [3.05, 3.63) is 158 Å². The van der Waals surface area contributed by atoms with Gasteiger partial charge in [-0.2, -0.15) is 19.9 Å². The molecule has 27 nitrogen and oxygen atoms in total. The number of aromatic nitrogens is 16. The van der Waals surface area contributed by atoms with Gasteiger partial charge < -0.3 is 41.8 Å². The molecule has 9 aromatic rings. The van der Waals surface area contributed by atoms with Gasteiger partial charge in [-0.25, -0.2) is 19.9 Å². The fourth-order valence-corrected chi connectivity index (χ4v) is 9.66. The minimum absolute atomic E-state index is 0.00247. The SMILES string of the molecule is COc1c(C)cnc(CN2C(=O)/C(=C\c3ncc[nH]3)c3c(N(C)C)nc(N)nc32)c1C.Cc1cnc(CN2C(=O)/C(=C\c3ccc[nH]3)c3c(Cl)nc(N)nc32)cn1.Cc1cnc(CN2C(=O)/C(=C\c3ncc[nH]3)c3c(Cl)nc(N)nc32)cn1. The van der Waals surface area contributed by atoms with E-state index < -0.39 is 0 Å². The molecule has 0 unspecified atom stereocenters. The maximum Gasteiger partial charge on any atom is 0.260 e. The van der Waals surface area contributed by atoms with Crippen molar-refractivity contribution >= 4 is 117 Å². The molecule has 0 fully saturated rings. The van der Waals surface area contributed by atoms with Gasteiger partial charge in [0.2, 0.25) is 17.8 Å². The molecular formula is C54H51Cl2N23O4. The summed E-state index contributed by atoms with van der Waals surface area (Å²) in [7, 11) is 5.31. The summed E-state index contributed by atoms with van der Waals surface area (Å²) in [6, 6.07) is 3.69. The summed E-state index contributed by atoms with van der Waals surface area (Å²) < 4.78 is 5.52. The third-order valence-electron chi connectivity index (χ3n) is 12.9. The second kappa shape index (κ2) is 23.3. The van der Waals surface area contributed by atoms with Crippen LogP contribution in [-0.2, 0) is 34.0 Å².